The lowest BCUT2D eigenvalue weighted by Crippen LogP contribution is -2.59. The molecule has 122 heavy (non-hydrogen) atoms. The van der Waals surface area contributed by atoms with Gasteiger partial charge in [-0.25, -0.2) is 14.3 Å². The summed E-state index contributed by atoms with van der Waals surface area (Å²) in [5.74, 6) is -3.18. The molecular weight excluding hydrogens is 1560 g/mol. The average molecular weight is 1690 g/mol. The molecule has 2 atom stereocenters. The second kappa shape index (κ2) is 44.7. The third kappa shape index (κ3) is 25.8. The van der Waals surface area contributed by atoms with Crippen molar-refractivity contribution >= 4 is 79.3 Å². The number of hydrogen-bond acceptors (Lipinski definition) is 15. The lowest BCUT2D eigenvalue weighted by Gasteiger charge is -2.43. The molecule has 0 spiro atoms. The van der Waals surface area contributed by atoms with Crippen LogP contribution in [-0.4, -0.2) is 253 Å². The number of piperidine rings is 4. The lowest BCUT2D eigenvalue weighted by molar-refractivity contribution is -0.192. The van der Waals surface area contributed by atoms with Gasteiger partial charge in [-0.1, -0.05) is 145 Å². The summed E-state index contributed by atoms with van der Waals surface area (Å²) in [5.41, 5.74) is 8.96. The SMILES string of the molecule is CCCCCCCCCCCCCCCCCC(=O)OCn1cc2cc(C[C@@H](NC(=O)N3CCC(c4cc5ccccc5[nH]c4=O)CC3)C(=O)N3CCN(C4CCN(C)CC4)CC3)cc(C)c2n1.Cc1cc(C[C@@H](CC(=O)N2CCC(c3cc4ccccc4[nH]c3=O)CC2)C(=O)N2CCN(C3CCN(C)CC3)CC2)cc2cn[nH]c12.O=C(O)C(F)(F)F. The number of piperazine rings is 2. The van der Waals surface area contributed by atoms with Crippen molar-refractivity contribution < 1.29 is 51.8 Å². The molecular formula is C94H130F3N15O10. The van der Waals surface area contributed by atoms with Gasteiger partial charge in [-0.05, 0) is 200 Å². The fraction of sp³-hybridized carbons (Fsp3) is 0.596. The van der Waals surface area contributed by atoms with E-state index >= 15 is 0 Å². The number of fused-ring (bicyclic) bond motifs is 4. The van der Waals surface area contributed by atoms with Crippen LogP contribution >= 0.6 is 0 Å². The summed E-state index contributed by atoms with van der Waals surface area (Å²) in [6.07, 6.45) is 26.8. The number of para-hydroxylation sites is 2. The van der Waals surface area contributed by atoms with Crippen molar-refractivity contribution in [2.45, 2.75) is 237 Å². The number of halogens is 3. The molecule has 0 bridgehead atoms. The lowest BCUT2D eigenvalue weighted by atomic mass is 9.88. The molecule has 28 heteroatoms. The third-order valence-electron chi connectivity index (χ3n) is 26.3. The fourth-order valence-corrected chi connectivity index (χ4v) is 19.0. The highest BCUT2D eigenvalue weighted by molar-refractivity contribution is 5.90. The Morgan fingerprint density at radius 1 is 0.533 bits per heavy atom. The highest BCUT2D eigenvalue weighted by Crippen LogP contribution is 2.33. The maximum Gasteiger partial charge on any atom is 0.490 e. The van der Waals surface area contributed by atoms with Gasteiger partial charge in [-0.15, -0.1) is 0 Å². The Bertz CT molecular complexity index is 4880. The number of aryl methyl sites for hydroxylation is 2. The molecule has 0 saturated carbocycles. The largest absolute Gasteiger partial charge is 0.490 e. The number of likely N-dealkylation sites (tertiary alicyclic amines) is 4. The molecule has 5 N–H and O–H groups in total. The molecule has 6 aliphatic rings. The van der Waals surface area contributed by atoms with Crippen LogP contribution < -0.4 is 16.4 Å². The third-order valence-corrected chi connectivity index (χ3v) is 26.3. The first kappa shape index (κ1) is 91.7. The number of benzene rings is 4. The molecule has 8 aromatic rings. The van der Waals surface area contributed by atoms with Gasteiger partial charge in [0.25, 0.3) is 11.1 Å². The van der Waals surface area contributed by atoms with E-state index < -0.39 is 24.1 Å². The van der Waals surface area contributed by atoms with Crippen LogP contribution in [0.4, 0.5) is 18.0 Å². The van der Waals surface area contributed by atoms with Crippen LogP contribution in [-0.2, 0) is 48.3 Å². The van der Waals surface area contributed by atoms with Crippen molar-refractivity contribution in [3.63, 3.8) is 0 Å². The highest BCUT2D eigenvalue weighted by atomic mass is 19.4. The number of H-pyrrole nitrogens is 3. The zero-order chi connectivity index (χ0) is 86.2. The number of carboxylic acids is 1. The van der Waals surface area contributed by atoms with E-state index in [4.69, 9.17) is 19.7 Å². The minimum atomic E-state index is -5.08. The van der Waals surface area contributed by atoms with Crippen molar-refractivity contribution in [1.29, 1.82) is 0 Å². The number of aromatic nitrogens is 6. The second-order valence-electron chi connectivity index (χ2n) is 35.2. The predicted octanol–water partition coefficient (Wildman–Crippen LogP) is 14.2. The van der Waals surface area contributed by atoms with E-state index in [1.54, 1.807) is 9.58 Å². The molecule has 5 amide bonds. The summed E-state index contributed by atoms with van der Waals surface area (Å²) >= 11 is 0. The van der Waals surface area contributed by atoms with Crippen LogP contribution in [0.3, 0.4) is 0 Å². The maximum absolute atomic E-state index is 14.5. The molecule has 10 heterocycles. The minimum absolute atomic E-state index is 0.0280. The highest BCUT2D eigenvalue weighted by Gasteiger charge is 2.40. The smallest absolute Gasteiger partial charge is 0.475 e. The van der Waals surface area contributed by atoms with E-state index in [-0.39, 0.29) is 65.8 Å². The van der Waals surface area contributed by atoms with Crippen LogP contribution in [0.5, 0.6) is 0 Å². The molecule has 662 valence electrons. The van der Waals surface area contributed by atoms with Crippen LogP contribution in [0.25, 0.3) is 43.6 Å². The first-order valence-corrected chi connectivity index (χ1v) is 45.3. The van der Waals surface area contributed by atoms with E-state index in [2.05, 4.69) is 91.2 Å². The molecule has 14 rings (SSSR count). The van der Waals surface area contributed by atoms with Crippen molar-refractivity contribution in [3.05, 3.63) is 151 Å². The monoisotopic (exact) mass is 1690 g/mol. The number of nitrogens with one attached hydrogen (secondary N) is 4. The maximum atomic E-state index is 14.5. The number of unbranched alkanes of at least 4 members (excludes halogenated alkanes) is 14. The van der Waals surface area contributed by atoms with Gasteiger partial charge in [0, 0.05) is 149 Å². The molecule has 25 nitrogen and oxygen atoms in total. The Hall–Kier alpha value is -9.51. The number of rotatable bonds is 31. The minimum Gasteiger partial charge on any atom is -0.475 e. The van der Waals surface area contributed by atoms with Crippen molar-refractivity contribution in [1.82, 2.24) is 74.5 Å². The molecule has 6 aliphatic heterocycles. The predicted molar refractivity (Wildman–Crippen MR) is 471 cm³/mol. The van der Waals surface area contributed by atoms with Crippen molar-refractivity contribution in [3.8, 4) is 0 Å². The van der Waals surface area contributed by atoms with Gasteiger partial charge >= 0.3 is 24.1 Å². The number of carboxylic acid groups (broad SMARTS) is 1. The molecule has 6 fully saturated rings. The Morgan fingerprint density at radius 2 is 0.992 bits per heavy atom. The summed E-state index contributed by atoms with van der Waals surface area (Å²) in [6.45, 7) is 19.1. The number of hydrogen-bond donors (Lipinski definition) is 5. The number of ether oxygens (including phenoxy) is 1. The second-order valence-corrected chi connectivity index (χ2v) is 35.2. The fourth-order valence-electron chi connectivity index (χ4n) is 19.0. The van der Waals surface area contributed by atoms with Gasteiger partial charge < -0.3 is 54.5 Å². The molecule has 4 aromatic heterocycles. The Kier molecular flexibility index (Phi) is 33.6. The number of carbonyl (C=O) groups is 6. The summed E-state index contributed by atoms with van der Waals surface area (Å²) in [7, 11) is 4.37. The molecule has 0 aliphatic carbocycles. The molecule has 6 saturated heterocycles. The van der Waals surface area contributed by atoms with E-state index in [9.17, 15) is 46.7 Å². The van der Waals surface area contributed by atoms with E-state index in [0.717, 1.165) is 174 Å². The van der Waals surface area contributed by atoms with Crippen LogP contribution in [0.15, 0.2) is 107 Å². The van der Waals surface area contributed by atoms with Gasteiger partial charge in [-0.2, -0.15) is 23.4 Å². The number of alkyl halides is 3. The number of nitrogens with zero attached hydrogens (tertiary/aromatic N) is 11. The molecule has 0 radical (unpaired) electrons. The average Bonchev–Trinajstić information content (AvgIpc) is 1.68. The summed E-state index contributed by atoms with van der Waals surface area (Å²) in [6, 6.07) is 28.1. The number of amides is 5. The molecule has 4 aromatic carbocycles. The first-order valence-electron chi connectivity index (χ1n) is 45.3. The number of pyridine rings is 2. The van der Waals surface area contributed by atoms with E-state index in [1.165, 1.54) is 89.9 Å². The zero-order valence-corrected chi connectivity index (χ0v) is 72.5. The van der Waals surface area contributed by atoms with Crippen LogP contribution in [0.2, 0.25) is 0 Å². The topological polar surface area (TPSA) is 282 Å². The summed E-state index contributed by atoms with van der Waals surface area (Å²) in [4.78, 5) is 128. The van der Waals surface area contributed by atoms with E-state index in [1.807, 2.05) is 101 Å². The number of carbonyl (C=O) groups excluding carboxylic acids is 5. The zero-order valence-electron chi connectivity index (χ0n) is 72.5. The van der Waals surface area contributed by atoms with Crippen LogP contribution in [0, 0.1) is 19.8 Å². The Morgan fingerprint density at radius 3 is 1.50 bits per heavy atom. The number of aromatic amines is 3. The summed E-state index contributed by atoms with van der Waals surface area (Å²) < 4.78 is 39.1. The van der Waals surface area contributed by atoms with Gasteiger partial charge in [0.2, 0.25) is 17.7 Å². The summed E-state index contributed by atoms with van der Waals surface area (Å²) in [5, 5.41) is 26.3. The quantitative estimate of drug-likeness (QED) is 0.0199. The van der Waals surface area contributed by atoms with Gasteiger partial charge in [0.15, 0.2) is 6.73 Å². The Balaban J connectivity index is 0.000000218. The normalized spacial score (nSPS) is 17.9. The van der Waals surface area contributed by atoms with E-state index in [0.29, 0.717) is 96.5 Å². The Labute approximate surface area is 715 Å². The van der Waals surface area contributed by atoms with Crippen molar-refractivity contribution in [2.24, 2.45) is 5.92 Å². The standard InChI is InChI=1S/C55H82N8O5.C37H47N7O3.C2HF3O2/c1-4-5-6-7-8-9-10-11-12-13-14-15-16-17-18-23-51(64)68-41-63-40-46-37-43(36-42(2)52(46)58-63)38-50(54(66)61-34-32-60(33-35-61)47-26-28-59(3)29-27-47)57-55(67)62-30-24-44(25-31-62)48-39-45-21-19-20-22-49(45)56-53(48)65;1-25-19-26(21-30-24-38-40-35(25)30)20-29(37(47)44-17-15-42(16-18-44)31-9-11-41(2)12-10-31)23-34(45)43-13-7-27(8-14-43)32-22-28-5-3-4-6-33(28)39-36(32)46;3-2(4,5)1(6)7/h19-22,36-37,39-40,44,47,50H,4-18,23-35,38,41H2,1-3H3,(H,56,65)(H,57,67);3-6,19,21-22,24,27,29,31H,7-18,20,23H2,1-2H3,(H,38,40)(H,39,46);(H,6,7)/t50-;29-;/m10./s1. The van der Waals surface area contributed by atoms with Crippen LogP contribution in [0.1, 0.15) is 213 Å². The first-order chi connectivity index (χ1) is 58.9. The molecule has 0 unspecified atom stereocenters. The van der Waals surface area contributed by atoms with Gasteiger partial charge in [0.05, 0.1) is 23.1 Å². The van der Waals surface area contributed by atoms with Gasteiger partial charge in [0.1, 0.15) is 6.04 Å². The number of urea groups is 1. The number of aliphatic carboxylic acids is 1. The number of esters is 1. The van der Waals surface area contributed by atoms with Gasteiger partial charge in [-0.3, -0.25) is 43.7 Å². The van der Waals surface area contributed by atoms with Crippen molar-refractivity contribution in [2.75, 3.05) is 119 Å².